The summed E-state index contributed by atoms with van der Waals surface area (Å²) in [5.74, 6) is 0.648. The Kier molecular flexibility index (Phi) is 6.83. The minimum Gasteiger partial charge on any atom is -0.359 e. The van der Waals surface area contributed by atoms with E-state index in [0.29, 0.717) is 11.5 Å². The lowest BCUT2D eigenvalue weighted by molar-refractivity contribution is 0.829. The van der Waals surface area contributed by atoms with Crippen LogP contribution >= 0.6 is 11.3 Å². The second kappa shape index (κ2) is 10.4. The van der Waals surface area contributed by atoms with E-state index in [1.165, 1.54) is 4.88 Å². The standard InChI is InChI=1S/C29H29N7S/c1-6-9-17(4)31-20(8-3)14-19(7-2)22-11-12-23-27(32-22)28(36-35-23)29-33-24-16-30-15-21(26(24)34-29)25-13-10-18(5)37-25/h7-8,10-16,31H,3-4,6,9H2,1-2,5H3,(H,33,34)(H,35,36)/b19-7+,20-14+. The van der Waals surface area contributed by atoms with Crippen molar-refractivity contribution in [1.82, 2.24) is 35.5 Å². The topological polar surface area (TPSA) is 95.2 Å². The van der Waals surface area contributed by atoms with Crippen molar-refractivity contribution in [2.45, 2.75) is 33.6 Å². The van der Waals surface area contributed by atoms with Gasteiger partial charge in [-0.3, -0.25) is 10.1 Å². The zero-order valence-corrected chi connectivity index (χ0v) is 22.0. The lowest BCUT2D eigenvalue weighted by atomic mass is 10.1. The lowest BCUT2D eigenvalue weighted by Crippen LogP contribution is -2.10. The van der Waals surface area contributed by atoms with Crippen LogP contribution in [0.3, 0.4) is 0 Å². The number of fused-ring (bicyclic) bond motifs is 2. The van der Waals surface area contributed by atoms with E-state index < -0.39 is 0 Å². The largest absolute Gasteiger partial charge is 0.359 e. The van der Waals surface area contributed by atoms with Crippen molar-refractivity contribution in [1.29, 1.82) is 0 Å². The average Bonchev–Trinajstić information content (AvgIpc) is 3.63. The Balaban J connectivity index is 1.54. The van der Waals surface area contributed by atoms with Crippen LogP contribution in [0.5, 0.6) is 0 Å². The third-order valence-corrected chi connectivity index (χ3v) is 7.08. The van der Waals surface area contributed by atoms with Crippen molar-refractivity contribution in [3.8, 4) is 22.0 Å². The second-order valence-electron chi connectivity index (χ2n) is 8.77. The van der Waals surface area contributed by atoms with Crippen LogP contribution in [-0.4, -0.2) is 30.1 Å². The Morgan fingerprint density at radius 3 is 2.70 bits per heavy atom. The fraction of sp³-hybridized carbons (Fsp3) is 0.172. The highest BCUT2D eigenvalue weighted by Crippen LogP contribution is 2.34. The van der Waals surface area contributed by atoms with Gasteiger partial charge in [-0.2, -0.15) is 5.10 Å². The van der Waals surface area contributed by atoms with Crippen LogP contribution in [0.25, 0.3) is 49.6 Å². The van der Waals surface area contributed by atoms with Crippen LogP contribution in [0.15, 0.2) is 79.4 Å². The van der Waals surface area contributed by atoms with E-state index in [0.717, 1.165) is 68.0 Å². The minimum absolute atomic E-state index is 0.648. The van der Waals surface area contributed by atoms with Crippen molar-refractivity contribution in [3.05, 3.63) is 90.0 Å². The first kappa shape index (κ1) is 24.4. The molecular weight excluding hydrogens is 478 g/mol. The summed E-state index contributed by atoms with van der Waals surface area (Å²) < 4.78 is 0. The van der Waals surface area contributed by atoms with Crippen LogP contribution < -0.4 is 5.32 Å². The molecule has 0 saturated heterocycles. The van der Waals surface area contributed by atoms with Crippen LogP contribution in [0, 0.1) is 6.92 Å². The SMILES string of the molecule is C=C/C(=C\C(=C/C)c1ccc2[nH]nc(-c3nc4c(-c5ccc(C)s5)cncc4[nH]3)c2n1)NC(=C)CCC. The maximum absolute atomic E-state index is 4.97. The van der Waals surface area contributed by atoms with E-state index >= 15 is 0 Å². The van der Waals surface area contributed by atoms with Crippen molar-refractivity contribution in [3.63, 3.8) is 0 Å². The number of nitrogens with zero attached hydrogens (tertiary/aromatic N) is 4. The summed E-state index contributed by atoms with van der Waals surface area (Å²) in [6.07, 6.45) is 11.4. The van der Waals surface area contributed by atoms with Crippen LogP contribution in [0.1, 0.15) is 37.3 Å². The molecule has 7 nitrogen and oxygen atoms in total. The molecule has 3 N–H and O–H groups in total. The monoisotopic (exact) mass is 507 g/mol. The fourth-order valence-electron chi connectivity index (χ4n) is 4.22. The number of aromatic nitrogens is 6. The smallest absolute Gasteiger partial charge is 0.161 e. The van der Waals surface area contributed by atoms with Gasteiger partial charge in [0.25, 0.3) is 0 Å². The number of hydrogen-bond donors (Lipinski definition) is 3. The van der Waals surface area contributed by atoms with Gasteiger partial charge in [-0.15, -0.1) is 11.3 Å². The molecule has 0 atom stereocenters. The molecule has 37 heavy (non-hydrogen) atoms. The van der Waals surface area contributed by atoms with Crippen molar-refractivity contribution >= 4 is 39.0 Å². The molecule has 0 aliphatic carbocycles. The molecule has 0 radical (unpaired) electrons. The van der Waals surface area contributed by atoms with E-state index in [1.807, 2.05) is 37.4 Å². The molecule has 0 bridgehead atoms. The number of aromatic amines is 2. The van der Waals surface area contributed by atoms with Crippen molar-refractivity contribution in [2.75, 3.05) is 0 Å². The normalized spacial score (nSPS) is 12.4. The van der Waals surface area contributed by atoms with Gasteiger partial charge in [-0.1, -0.05) is 32.6 Å². The summed E-state index contributed by atoms with van der Waals surface area (Å²) in [4.78, 5) is 20.1. The third kappa shape index (κ3) is 4.88. The van der Waals surface area contributed by atoms with E-state index in [-0.39, 0.29) is 0 Å². The quantitative estimate of drug-likeness (QED) is 0.182. The van der Waals surface area contributed by atoms with Gasteiger partial charge in [-0.25, -0.2) is 9.97 Å². The van der Waals surface area contributed by atoms with Gasteiger partial charge >= 0.3 is 0 Å². The summed E-state index contributed by atoms with van der Waals surface area (Å²) in [5.41, 5.74) is 8.60. The molecule has 0 aliphatic rings. The van der Waals surface area contributed by atoms with Gasteiger partial charge in [0.1, 0.15) is 11.0 Å². The van der Waals surface area contributed by atoms with Gasteiger partial charge in [0, 0.05) is 32.9 Å². The van der Waals surface area contributed by atoms with Gasteiger partial charge in [0.2, 0.25) is 0 Å². The maximum Gasteiger partial charge on any atom is 0.161 e. The number of rotatable bonds is 9. The minimum atomic E-state index is 0.648. The summed E-state index contributed by atoms with van der Waals surface area (Å²) >= 11 is 1.73. The number of pyridine rings is 2. The summed E-state index contributed by atoms with van der Waals surface area (Å²) in [5, 5.41) is 11.0. The van der Waals surface area contributed by atoms with Crippen molar-refractivity contribution < 1.29 is 0 Å². The number of hydrogen-bond acceptors (Lipinski definition) is 6. The predicted molar refractivity (Wildman–Crippen MR) is 154 cm³/mol. The first-order valence-corrected chi connectivity index (χ1v) is 13.0. The molecule has 0 saturated carbocycles. The zero-order valence-electron chi connectivity index (χ0n) is 21.2. The molecule has 5 aromatic heterocycles. The molecule has 0 amide bonds. The molecule has 5 aromatic rings. The Labute approximate surface area is 219 Å². The molecule has 0 fully saturated rings. The summed E-state index contributed by atoms with van der Waals surface area (Å²) in [7, 11) is 0. The Morgan fingerprint density at radius 2 is 1.97 bits per heavy atom. The van der Waals surface area contributed by atoms with Gasteiger partial charge in [0.05, 0.1) is 22.9 Å². The van der Waals surface area contributed by atoms with Crippen LogP contribution in [-0.2, 0) is 0 Å². The molecule has 8 heteroatoms. The van der Waals surface area contributed by atoms with Crippen LogP contribution in [0.2, 0.25) is 0 Å². The number of aryl methyl sites for hydroxylation is 1. The third-order valence-electron chi connectivity index (χ3n) is 6.04. The van der Waals surface area contributed by atoms with Crippen LogP contribution in [0.4, 0.5) is 0 Å². The number of H-pyrrole nitrogens is 2. The molecule has 0 spiro atoms. The molecule has 0 unspecified atom stereocenters. The zero-order chi connectivity index (χ0) is 25.9. The van der Waals surface area contributed by atoms with Gasteiger partial charge in [0.15, 0.2) is 11.5 Å². The average molecular weight is 508 g/mol. The van der Waals surface area contributed by atoms with E-state index in [9.17, 15) is 0 Å². The molecule has 5 rings (SSSR count). The first-order valence-electron chi connectivity index (χ1n) is 12.2. The number of imidazole rings is 1. The highest BCUT2D eigenvalue weighted by Gasteiger charge is 2.17. The molecular formula is C29H29N7S. The molecule has 5 heterocycles. The fourth-order valence-corrected chi connectivity index (χ4v) is 5.10. The Hall–Kier alpha value is -4.30. The Morgan fingerprint density at radius 1 is 1.11 bits per heavy atom. The predicted octanol–water partition coefficient (Wildman–Crippen LogP) is 7.31. The molecule has 0 aliphatic heterocycles. The molecule has 0 aromatic carbocycles. The van der Waals surface area contributed by atoms with E-state index in [2.05, 4.69) is 64.6 Å². The van der Waals surface area contributed by atoms with E-state index in [1.54, 1.807) is 23.6 Å². The number of allylic oxidation sites excluding steroid dienone is 5. The van der Waals surface area contributed by atoms with Crippen molar-refractivity contribution in [2.24, 2.45) is 0 Å². The first-order chi connectivity index (χ1) is 18.0. The Bertz CT molecular complexity index is 1680. The van der Waals surface area contributed by atoms with Gasteiger partial charge < -0.3 is 10.3 Å². The summed E-state index contributed by atoms with van der Waals surface area (Å²) in [6, 6.07) is 8.20. The lowest BCUT2D eigenvalue weighted by Gasteiger charge is -2.11. The maximum atomic E-state index is 4.97. The van der Waals surface area contributed by atoms with Gasteiger partial charge in [-0.05, 0) is 62.3 Å². The summed E-state index contributed by atoms with van der Waals surface area (Å²) in [6.45, 7) is 14.3. The highest BCUT2D eigenvalue weighted by atomic mass is 32.1. The van der Waals surface area contributed by atoms with E-state index in [4.69, 9.17) is 9.97 Å². The number of thiophene rings is 1. The number of nitrogens with one attached hydrogen (secondary N) is 3. The highest BCUT2D eigenvalue weighted by molar-refractivity contribution is 7.15. The second-order valence-corrected chi connectivity index (χ2v) is 10.1. The molecule has 186 valence electrons.